The zero-order chi connectivity index (χ0) is 34.6. The Bertz CT molecular complexity index is 2500. The van der Waals surface area contributed by atoms with Crippen LogP contribution in [0.25, 0.3) is 32.7 Å². The third-order valence-electron chi connectivity index (χ3n) is 10.4. The van der Waals surface area contributed by atoms with E-state index in [-0.39, 0.29) is 35.1 Å². The zero-order valence-electron chi connectivity index (χ0n) is 26.7. The highest BCUT2D eigenvalue weighted by Gasteiger charge is 2.37. The molecule has 14 heteroatoms. The van der Waals surface area contributed by atoms with Crippen molar-refractivity contribution in [1.82, 2.24) is 15.0 Å². The first-order valence-electron chi connectivity index (χ1n) is 16.2. The number of H-pyrrole nitrogens is 3. The molecule has 6 N–H and O–H groups in total. The fourth-order valence-corrected chi connectivity index (χ4v) is 8.32. The maximum atomic E-state index is 14.1. The second-order valence-electron chi connectivity index (χ2n) is 12.9. The molecule has 1 unspecified atom stereocenters. The molecule has 13 nitrogen and oxygen atoms in total. The van der Waals surface area contributed by atoms with Gasteiger partial charge in [0.15, 0.2) is 0 Å². The molecule has 6 heterocycles. The normalized spacial score (nSPS) is 16.4. The summed E-state index contributed by atoms with van der Waals surface area (Å²) in [5, 5.41) is 13.3. The molecule has 4 amide bonds. The smallest absolute Gasteiger partial charge is 0.354 e. The number of amides is 4. The van der Waals surface area contributed by atoms with Crippen LogP contribution in [0.15, 0.2) is 48.5 Å². The summed E-state index contributed by atoms with van der Waals surface area (Å²) in [4.78, 5) is 66.5. The number of benzene rings is 3. The van der Waals surface area contributed by atoms with Crippen LogP contribution in [0.4, 0.5) is 21.9 Å². The molecule has 0 bridgehead atoms. The first kappa shape index (κ1) is 30.1. The molecule has 50 heavy (non-hydrogen) atoms. The number of urea groups is 1. The molecule has 3 aliphatic heterocycles. The number of aromatic hydroxyl groups is 1. The molecule has 252 valence electrons. The van der Waals surface area contributed by atoms with Gasteiger partial charge in [-0.2, -0.15) is 0 Å². The fraction of sp³-hybridized carbons (Fsp3) is 0.222. The van der Waals surface area contributed by atoms with Crippen molar-refractivity contribution < 1.29 is 29.0 Å². The number of hydrogen-bond donors (Lipinski definition) is 5. The molecule has 1 atom stereocenters. The Morgan fingerprint density at radius 2 is 1.38 bits per heavy atom. The summed E-state index contributed by atoms with van der Waals surface area (Å²) in [5.74, 6) is -1.15. The highest BCUT2D eigenvalue weighted by molar-refractivity contribution is 6.19. The lowest BCUT2D eigenvalue weighted by molar-refractivity contribution is 0.0594. The van der Waals surface area contributed by atoms with E-state index in [2.05, 4.69) is 15.0 Å². The molecule has 9 rings (SSSR count). The summed E-state index contributed by atoms with van der Waals surface area (Å²) in [6, 6.07) is 13.8. The van der Waals surface area contributed by atoms with Gasteiger partial charge in [0.1, 0.15) is 22.8 Å². The van der Waals surface area contributed by atoms with Gasteiger partial charge in [0.05, 0.1) is 18.3 Å². The quantitative estimate of drug-likeness (QED) is 0.124. The number of nitrogens with two attached hydrogens (primary N) is 1. The third-order valence-corrected chi connectivity index (χ3v) is 10.7. The van der Waals surface area contributed by atoms with E-state index in [1.54, 1.807) is 20.8 Å². The van der Waals surface area contributed by atoms with Crippen LogP contribution >= 0.6 is 11.6 Å². The van der Waals surface area contributed by atoms with Gasteiger partial charge in [0.25, 0.3) is 11.8 Å². The number of alkyl halides is 1. The molecule has 3 aromatic carbocycles. The average Bonchev–Trinajstić information content (AvgIpc) is 3.95. The molecule has 0 radical (unpaired) electrons. The van der Waals surface area contributed by atoms with Crippen molar-refractivity contribution in [1.29, 1.82) is 0 Å². The minimum atomic E-state index is -0.573. The highest BCUT2D eigenvalue weighted by atomic mass is 35.5. The molecule has 0 fully saturated rings. The van der Waals surface area contributed by atoms with Gasteiger partial charge in [-0.05, 0) is 72.0 Å². The summed E-state index contributed by atoms with van der Waals surface area (Å²) in [6.07, 6.45) is 1.26. The number of phenolic OH excluding ortho intramolecular Hbond substituents is 1. The van der Waals surface area contributed by atoms with Crippen molar-refractivity contribution in [3.05, 3.63) is 82.3 Å². The number of aromatic nitrogens is 3. The van der Waals surface area contributed by atoms with Crippen LogP contribution in [0.5, 0.6) is 5.75 Å². The van der Waals surface area contributed by atoms with Crippen molar-refractivity contribution in [3.8, 4) is 5.75 Å². The van der Waals surface area contributed by atoms with E-state index in [1.807, 2.05) is 36.4 Å². The van der Waals surface area contributed by atoms with E-state index in [1.165, 1.54) is 13.2 Å². The number of rotatable bonds is 4. The maximum absolute atomic E-state index is 14.1. The topological polar surface area (TPSA) is 181 Å². The highest BCUT2D eigenvalue weighted by Crippen LogP contribution is 2.46. The van der Waals surface area contributed by atoms with Gasteiger partial charge in [-0.25, -0.2) is 9.59 Å². The van der Waals surface area contributed by atoms with Crippen LogP contribution < -0.4 is 20.4 Å². The van der Waals surface area contributed by atoms with Gasteiger partial charge >= 0.3 is 12.0 Å². The molecular weight excluding hydrogens is 662 g/mol. The minimum absolute atomic E-state index is 0.104. The average molecular weight is 692 g/mol. The standard InChI is InChI=1S/C36H30ClN7O6/c1-50-35(48)26-12-21-31-16(14-37)15-44(29(31)13-30(45)32(21)41-26)34(47)25-11-19-17-6-8-42(27(17)4-2-22(19)40-25)33(46)24-10-20-18-7-9-43(36(38)49)28(18)5-3-23(20)39-24/h2-5,10-13,16,39-41,45H,6-9,14-15H2,1H3,(H2,38,49). The monoisotopic (exact) mass is 691 g/mol. The Balaban J connectivity index is 1.03. The number of nitrogens with one attached hydrogen (secondary N) is 3. The zero-order valence-corrected chi connectivity index (χ0v) is 27.5. The number of nitrogens with zero attached hydrogens (tertiary/aromatic N) is 3. The van der Waals surface area contributed by atoms with Gasteiger partial charge in [0, 0.05) is 76.1 Å². The summed E-state index contributed by atoms with van der Waals surface area (Å²) in [5.41, 5.74) is 13.3. The SMILES string of the molecule is COC(=O)c1cc2c3c(cc(O)c2[nH]1)N(C(=O)c1cc2c4c(ccc2[nH]1)N(C(=O)c1cc2c5c(ccc2[nH]1)N(C(N)=O)CC5)CC4)CC3CCl. The Labute approximate surface area is 288 Å². The second kappa shape index (κ2) is 10.8. The van der Waals surface area contributed by atoms with Crippen LogP contribution in [0.2, 0.25) is 0 Å². The first-order chi connectivity index (χ1) is 24.2. The van der Waals surface area contributed by atoms with Crippen LogP contribution in [-0.2, 0) is 17.6 Å². The van der Waals surface area contributed by atoms with Crippen LogP contribution in [0.1, 0.15) is 54.1 Å². The third kappa shape index (κ3) is 4.19. The van der Waals surface area contributed by atoms with Gasteiger partial charge < -0.3 is 40.3 Å². The lowest BCUT2D eigenvalue weighted by Gasteiger charge is -2.17. The van der Waals surface area contributed by atoms with E-state index < -0.39 is 12.0 Å². The Kier molecular flexibility index (Phi) is 6.49. The van der Waals surface area contributed by atoms with Crippen molar-refractivity contribution in [3.63, 3.8) is 0 Å². The summed E-state index contributed by atoms with van der Waals surface area (Å²) in [7, 11) is 1.28. The predicted molar refractivity (Wildman–Crippen MR) is 189 cm³/mol. The molecule has 0 saturated carbocycles. The molecule has 0 spiro atoms. The van der Waals surface area contributed by atoms with Crippen molar-refractivity contribution >= 4 is 85.2 Å². The first-order valence-corrected chi connectivity index (χ1v) is 16.7. The van der Waals surface area contributed by atoms with Crippen molar-refractivity contribution in [2.24, 2.45) is 5.73 Å². The predicted octanol–water partition coefficient (Wildman–Crippen LogP) is 5.25. The fourth-order valence-electron chi connectivity index (χ4n) is 8.07. The molecular formula is C36H30ClN7O6. The van der Waals surface area contributed by atoms with Crippen molar-refractivity contribution in [2.75, 3.05) is 47.3 Å². The number of fused-ring (bicyclic) bond motifs is 9. The maximum Gasteiger partial charge on any atom is 0.354 e. The lowest BCUT2D eigenvalue weighted by Crippen LogP contribution is -2.33. The summed E-state index contributed by atoms with van der Waals surface area (Å²) in [6.45, 7) is 1.27. The number of anilines is 3. The summed E-state index contributed by atoms with van der Waals surface area (Å²) >= 11 is 6.40. The van der Waals surface area contributed by atoms with Crippen molar-refractivity contribution in [2.45, 2.75) is 18.8 Å². The number of esters is 1. The lowest BCUT2D eigenvalue weighted by atomic mass is 9.98. The van der Waals surface area contributed by atoms with Crippen LogP contribution in [-0.4, -0.2) is 76.5 Å². The number of methoxy groups -OCH3 is 1. The van der Waals surface area contributed by atoms with Crippen LogP contribution in [0.3, 0.4) is 0 Å². The van der Waals surface area contributed by atoms with E-state index in [9.17, 15) is 24.3 Å². The Morgan fingerprint density at radius 3 is 1.98 bits per heavy atom. The van der Waals surface area contributed by atoms with Gasteiger partial charge in [-0.15, -0.1) is 11.6 Å². The summed E-state index contributed by atoms with van der Waals surface area (Å²) < 4.78 is 4.85. The van der Waals surface area contributed by atoms with E-state index in [0.717, 1.165) is 49.9 Å². The molecule has 3 aliphatic rings. The molecule has 0 aliphatic carbocycles. The molecule has 3 aromatic heterocycles. The number of phenols is 1. The van der Waals surface area contributed by atoms with E-state index in [4.69, 9.17) is 22.1 Å². The Hall–Kier alpha value is -5.95. The number of ether oxygens (including phenoxy) is 1. The Morgan fingerprint density at radius 1 is 0.800 bits per heavy atom. The van der Waals surface area contributed by atoms with E-state index in [0.29, 0.717) is 60.5 Å². The largest absolute Gasteiger partial charge is 0.506 e. The number of hydrogen-bond acceptors (Lipinski definition) is 6. The molecule has 6 aromatic rings. The van der Waals surface area contributed by atoms with E-state index >= 15 is 0 Å². The number of halogens is 1. The van der Waals surface area contributed by atoms with Gasteiger partial charge in [-0.1, -0.05) is 0 Å². The second-order valence-corrected chi connectivity index (χ2v) is 13.2. The number of aromatic amines is 3. The van der Waals surface area contributed by atoms with Gasteiger partial charge in [-0.3, -0.25) is 14.5 Å². The number of carbonyl (C=O) groups is 4. The molecule has 0 saturated heterocycles. The van der Waals surface area contributed by atoms with Gasteiger partial charge in [0.2, 0.25) is 0 Å². The number of primary amides is 1. The minimum Gasteiger partial charge on any atom is -0.506 e. The van der Waals surface area contributed by atoms with Crippen LogP contribution in [0, 0.1) is 0 Å². The number of carbonyl (C=O) groups excluding carboxylic acids is 4.